The molecule has 0 spiro atoms. The molecule has 4 aromatic rings. The van der Waals surface area contributed by atoms with Gasteiger partial charge in [-0.3, -0.25) is 4.79 Å². The lowest BCUT2D eigenvalue weighted by atomic mass is 10.1. The van der Waals surface area contributed by atoms with Crippen LogP contribution in [0.2, 0.25) is 0 Å². The van der Waals surface area contributed by atoms with Crippen molar-refractivity contribution in [3.05, 3.63) is 101 Å². The zero-order valence-electron chi connectivity index (χ0n) is 16.7. The van der Waals surface area contributed by atoms with Crippen LogP contribution in [0.5, 0.6) is 5.75 Å². The summed E-state index contributed by atoms with van der Waals surface area (Å²) in [5.74, 6) is 0.480. The van der Waals surface area contributed by atoms with Crippen molar-refractivity contribution >= 4 is 28.1 Å². The van der Waals surface area contributed by atoms with Crippen molar-refractivity contribution in [1.29, 1.82) is 0 Å². The van der Waals surface area contributed by atoms with Crippen LogP contribution in [0.3, 0.4) is 0 Å². The van der Waals surface area contributed by atoms with Gasteiger partial charge >= 0.3 is 0 Å². The molecule has 0 aliphatic rings. The zero-order valence-corrected chi connectivity index (χ0v) is 18.3. The van der Waals surface area contributed by atoms with E-state index in [0.29, 0.717) is 5.56 Å². The molecule has 7 heteroatoms. The van der Waals surface area contributed by atoms with E-state index in [1.54, 1.807) is 30.1 Å². The topological polar surface area (TPSA) is 68.5 Å². The number of hydrogen-bond acceptors (Lipinski definition) is 4. The molecular weight excluding hydrogens is 456 g/mol. The van der Waals surface area contributed by atoms with Gasteiger partial charge in [-0.05, 0) is 60.7 Å². The summed E-state index contributed by atoms with van der Waals surface area (Å²) in [5, 5.41) is 8.89. The standard InChI is InChI=1S/C24H19BrN4O2/c1-31-22-13-9-17(10-14-22)23-19(16-29(28-23)21-5-3-2-4-6-21)15-26-27-24(30)18-7-11-20(25)12-8-18/h2-16H,1H3,(H,27,30)/b26-15-. The highest BCUT2D eigenvalue weighted by atomic mass is 79.9. The molecule has 31 heavy (non-hydrogen) atoms. The molecule has 1 amide bonds. The molecule has 0 saturated carbocycles. The van der Waals surface area contributed by atoms with Gasteiger partial charge in [0.2, 0.25) is 0 Å². The number of nitrogens with one attached hydrogen (secondary N) is 1. The number of para-hydroxylation sites is 1. The van der Waals surface area contributed by atoms with Gasteiger partial charge in [0, 0.05) is 27.4 Å². The summed E-state index contributed by atoms with van der Waals surface area (Å²) in [6.07, 6.45) is 3.48. The third-order valence-electron chi connectivity index (χ3n) is 4.60. The highest BCUT2D eigenvalue weighted by molar-refractivity contribution is 9.10. The van der Waals surface area contributed by atoms with E-state index >= 15 is 0 Å². The third kappa shape index (κ3) is 4.90. The molecule has 0 atom stereocenters. The Labute approximate surface area is 188 Å². The summed E-state index contributed by atoms with van der Waals surface area (Å²) in [4.78, 5) is 12.3. The monoisotopic (exact) mass is 474 g/mol. The summed E-state index contributed by atoms with van der Waals surface area (Å²) < 4.78 is 7.94. The summed E-state index contributed by atoms with van der Waals surface area (Å²) in [6, 6.07) is 24.5. The molecule has 0 bridgehead atoms. The molecule has 154 valence electrons. The summed E-state index contributed by atoms with van der Waals surface area (Å²) in [5.41, 5.74) is 6.45. The minimum Gasteiger partial charge on any atom is -0.497 e. The molecule has 1 heterocycles. The van der Waals surface area contributed by atoms with Crippen molar-refractivity contribution in [1.82, 2.24) is 15.2 Å². The van der Waals surface area contributed by atoms with E-state index in [4.69, 9.17) is 9.84 Å². The second-order valence-corrected chi connectivity index (χ2v) is 7.56. The SMILES string of the molecule is COc1ccc(-c2nn(-c3ccccc3)cc2/C=N\NC(=O)c2ccc(Br)cc2)cc1. The van der Waals surface area contributed by atoms with Gasteiger partial charge in [0.25, 0.3) is 5.91 Å². The van der Waals surface area contributed by atoms with Gasteiger partial charge in [-0.1, -0.05) is 34.1 Å². The van der Waals surface area contributed by atoms with E-state index in [2.05, 4.69) is 26.5 Å². The summed E-state index contributed by atoms with van der Waals surface area (Å²) >= 11 is 3.36. The number of nitrogens with zero attached hydrogens (tertiary/aromatic N) is 3. The first-order valence-corrected chi connectivity index (χ1v) is 10.3. The van der Waals surface area contributed by atoms with E-state index in [1.807, 2.05) is 72.9 Å². The maximum absolute atomic E-state index is 12.3. The number of benzene rings is 3. The Morgan fingerprint density at radius 1 is 1.03 bits per heavy atom. The van der Waals surface area contributed by atoms with Gasteiger partial charge in [-0.25, -0.2) is 10.1 Å². The molecule has 1 N–H and O–H groups in total. The Morgan fingerprint density at radius 2 is 1.74 bits per heavy atom. The van der Waals surface area contributed by atoms with Gasteiger partial charge in [0.05, 0.1) is 19.0 Å². The molecule has 0 unspecified atom stereocenters. The highest BCUT2D eigenvalue weighted by Gasteiger charge is 2.12. The fraction of sp³-hybridized carbons (Fsp3) is 0.0417. The Balaban J connectivity index is 1.63. The predicted octanol–water partition coefficient (Wildman–Crippen LogP) is 5.07. The number of hydrogen-bond donors (Lipinski definition) is 1. The van der Waals surface area contributed by atoms with Crippen LogP contribution >= 0.6 is 15.9 Å². The molecule has 0 saturated heterocycles. The smallest absolute Gasteiger partial charge is 0.271 e. The Bertz CT molecular complexity index is 1200. The van der Waals surface area contributed by atoms with E-state index in [9.17, 15) is 4.79 Å². The molecule has 0 aliphatic carbocycles. The van der Waals surface area contributed by atoms with Crippen LogP contribution in [-0.4, -0.2) is 29.0 Å². The largest absolute Gasteiger partial charge is 0.497 e. The van der Waals surface area contributed by atoms with Gasteiger partial charge < -0.3 is 4.74 Å². The number of methoxy groups -OCH3 is 1. The average molecular weight is 475 g/mol. The third-order valence-corrected chi connectivity index (χ3v) is 5.13. The van der Waals surface area contributed by atoms with Gasteiger partial charge in [-0.15, -0.1) is 0 Å². The average Bonchev–Trinajstić information content (AvgIpc) is 3.24. The van der Waals surface area contributed by atoms with Crippen molar-refractivity contribution in [3.8, 4) is 22.7 Å². The van der Waals surface area contributed by atoms with Crippen LogP contribution in [0.1, 0.15) is 15.9 Å². The Morgan fingerprint density at radius 3 is 2.42 bits per heavy atom. The van der Waals surface area contributed by atoms with E-state index < -0.39 is 0 Å². The lowest BCUT2D eigenvalue weighted by Crippen LogP contribution is -2.17. The van der Waals surface area contributed by atoms with Gasteiger partial charge in [0.1, 0.15) is 11.4 Å². The minimum atomic E-state index is -0.287. The molecular formula is C24H19BrN4O2. The summed E-state index contributed by atoms with van der Waals surface area (Å²) in [6.45, 7) is 0. The first-order chi connectivity index (χ1) is 15.1. The normalized spacial score (nSPS) is 10.9. The van der Waals surface area contributed by atoms with Crippen LogP contribution in [0.4, 0.5) is 0 Å². The van der Waals surface area contributed by atoms with Gasteiger partial charge in [-0.2, -0.15) is 10.2 Å². The lowest BCUT2D eigenvalue weighted by molar-refractivity contribution is 0.0955. The summed E-state index contributed by atoms with van der Waals surface area (Å²) in [7, 11) is 1.63. The first-order valence-electron chi connectivity index (χ1n) is 9.52. The van der Waals surface area contributed by atoms with E-state index in [-0.39, 0.29) is 5.91 Å². The molecule has 3 aromatic carbocycles. The minimum absolute atomic E-state index is 0.287. The van der Waals surface area contributed by atoms with Crippen molar-refractivity contribution in [2.45, 2.75) is 0 Å². The van der Waals surface area contributed by atoms with Crippen LogP contribution in [0.25, 0.3) is 16.9 Å². The van der Waals surface area contributed by atoms with Crippen molar-refractivity contribution in [2.24, 2.45) is 5.10 Å². The maximum atomic E-state index is 12.3. The van der Waals surface area contributed by atoms with Crippen LogP contribution in [0.15, 0.2) is 94.6 Å². The second-order valence-electron chi connectivity index (χ2n) is 6.65. The van der Waals surface area contributed by atoms with Crippen molar-refractivity contribution < 1.29 is 9.53 Å². The number of carbonyl (C=O) groups excluding carboxylic acids is 1. The number of ether oxygens (including phenoxy) is 1. The zero-order chi connectivity index (χ0) is 21.6. The van der Waals surface area contributed by atoms with Crippen molar-refractivity contribution in [3.63, 3.8) is 0 Å². The van der Waals surface area contributed by atoms with Crippen molar-refractivity contribution in [2.75, 3.05) is 7.11 Å². The fourth-order valence-electron chi connectivity index (χ4n) is 2.99. The lowest BCUT2D eigenvalue weighted by Gasteiger charge is -2.03. The molecule has 0 aliphatic heterocycles. The number of hydrazone groups is 1. The predicted molar refractivity (Wildman–Crippen MR) is 125 cm³/mol. The maximum Gasteiger partial charge on any atom is 0.271 e. The number of aromatic nitrogens is 2. The molecule has 0 fully saturated rings. The quantitative estimate of drug-likeness (QED) is 0.313. The second kappa shape index (κ2) is 9.40. The molecule has 4 rings (SSSR count). The van der Waals surface area contributed by atoms with Gasteiger partial charge in [0.15, 0.2) is 0 Å². The Kier molecular flexibility index (Phi) is 6.24. The number of halogens is 1. The molecule has 1 aromatic heterocycles. The van der Waals surface area contributed by atoms with Crippen LogP contribution in [0, 0.1) is 0 Å². The van der Waals surface area contributed by atoms with E-state index in [1.165, 1.54) is 0 Å². The van der Waals surface area contributed by atoms with Crippen LogP contribution < -0.4 is 10.2 Å². The molecule has 0 radical (unpaired) electrons. The highest BCUT2D eigenvalue weighted by Crippen LogP contribution is 2.25. The number of rotatable bonds is 6. The number of carbonyl (C=O) groups is 1. The number of amides is 1. The van der Waals surface area contributed by atoms with E-state index in [0.717, 1.165) is 32.7 Å². The molecule has 6 nitrogen and oxygen atoms in total. The fourth-order valence-corrected chi connectivity index (χ4v) is 3.26. The first kappa shape index (κ1) is 20.6. The van der Waals surface area contributed by atoms with Crippen LogP contribution in [-0.2, 0) is 0 Å². The Hall–Kier alpha value is -3.71.